The van der Waals surface area contributed by atoms with Gasteiger partial charge in [-0.2, -0.15) is 5.26 Å². The summed E-state index contributed by atoms with van der Waals surface area (Å²) in [5.41, 5.74) is 1.97. The second-order valence-electron chi connectivity index (χ2n) is 8.77. The van der Waals surface area contributed by atoms with E-state index in [4.69, 9.17) is 19.2 Å². The highest BCUT2D eigenvalue weighted by Crippen LogP contribution is 2.35. The van der Waals surface area contributed by atoms with Crippen LogP contribution in [0.4, 0.5) is 10.5 Å². The van der Waals surface area contributed by atoms with Crippen molar-refractivity contribution in [3.05, 3.63) is 53.6 Å². The third-order valence-electron chi connectivity index (χ3n) is 6.43. The van der Waals surface area contributed by atoms with Crippen LogP contribution in [-0.4, -0.2) is 86.2 Å². The summed E-state index contributed by atoms with van der Waals surface area (Å²) in [4.78, 5) is 23.6. The molecule has 2 aliphatic heterocycles. The number of nitriles is 1. The summed E-state index contributed by atoms with van der Waals surface area (Å²) < 4.78 is 16.9. The van der Waals surface area contributed by atoms with Crippen molar-refractivity contribution >= 4 is 17.6 Å². The lowest BCUT2D eigenvalue weighted by atomic mass is 10.1. The fraction of sp³-hybridized carbons (Fsp3) is 0.444. The Bertz CT molecular complexity index is 1110. The van der Waals surface area contributed by atoms with Crippen molar-refractivity contribution in [3.8, 4) is 17.6 Å². The van der Waals surface area contributed by atoms with E-state index >= 15 is 0 Å². The van der Waals surface area contributed by atoms with Crippen LogP contribution < -0.4 is 9.47 Å². The molecular formula is C27H33N5O4. The fourth-order valence-corrected chi connectivity index (χ4v) is 4.37. The largest absolute Gasteiger partial charge is 0.493 e. The minimum absolute atomic E-state index is 0.0809. The molecule has 4 rings (SSSR count). The number of nitrogens with zero attached hydrogens (tertiary/aromatic N) is 5. The molecule has 190 valence electrons. The average molecular weight is 492 g/mol. The van der Waals surface area contributed by atoms with Gasteiger partial charge in [-0.1, -0.05) is 30.3 Å². The molecule has 9 heteroatoms. The van der Waals surface area contributed by atoms with E-state index in [0.29, 0.717) is 75.3 Å². The van der Waals surface area contributed by atoms with Crippen LogP contribution in [-0.2, 0) is 11.3 Å². The van der Waals surface area contributed by atoms with Crippen molar-refractivity contribution < 1.29 is 19.0 Å². The number of rotatable bonds is 5. The van der Waals surface area contributed by atoms with Gasteiger partial charge in [0.15, 0.2) is 11.5 Å². The Morgan fingerprint density at radius 1 is 1.00 bits per heavy atom. The number of hydrogen-bond acceptors (Lipinski definition) is 6. The van der Waals surface area contributed by atoms with Gasteiger partial charge in [-0.3, -0.25) is 0 Å². The highest BCUT2D eigenvalue weighted by atomic mass is 16.5. The number of urea groups is 1. The Morgan fingerprint density at radius 2 is 1.69 bits per heavy atom. The Balaban J connectivity index is 1.45. The summed E-state index contributed by atoms with van der Waals surface area (Å²) in [5.74, 6) is 1.82. The third-order valence-corrected chi connectivity index (χ3v) is 6.43. The van der Waals surface area contributed by atoms with E-state index in [1.54, 1.807) is 19.2 Å². The number of carbonyl (C=O) groups excluding carboxylic acids is 1. The first-order valence-corrected chi connectivity index (χ1v) is 12.3. The van der Waals surface area contributed by atoms with Crippen molar-refractivity contribution in [1.29, 1.82) is 5.26 Å². The number of carbonyl (C=O) groups is 1. The van der Waals surface area contributed by atoms with Gasteiger partial charge in [0.1, 0.15) is 18.5 Å². The maximum Gasteiger partial charge on any atom is 0.320 e. The van der Waals surface area contributed by atoms with E-state index < -0.39 is 0 Å². The smallest absolute Gasteiger partial charge is 0.320 e. The van der Waals surface area contributed by atoms with Crippen molar-refractivity contribution in [3.63, 3.8) is 0 Å². The van der Waals surface area contributed by atoms with Gasteiger partial charge in [-0.05, 0) is 18.9 Å². The molecule has 2 aromatic rings. The summed E-state index contributed by atoms with van der Waals surface area (Å²) in [6.07, 6.45) is 0.851. The van der Waals surface area contributed by atoms with Gasteiger partial charge in [0.2, 0.25) is 0 Å². The summed E-state index contributed by atoms with van der Waals surface area (Å²) in [7, 11) is 1.58. The standard InChI is InChI=1S/C27H33N5O4/c1-21(30-9-6-10-31(12-11-30)27(33)32-13-15-35-16-14-32)29-24-18-25(34-2)26(17-23(24)19-28)36-20-22-7-4-3-5-8-22/h3-5,7-8,17-18H,6,9-16,20H2,1-2H3. The highest BCUT2D eigenvalue weighted by Gasteiger charge is 2.25. The van der Waals surface area contributed by atoms with Crippen LogP contribution in [0.15, 0.2) is 47.5 Å². The van der Waals surface area contributed by atoms with Gasteiger partial charge in [-0.25, -0.2) is 9.79 Å². The summed E-state index contributed by atoms with van der Waals surface area (Å²) in [6, 6.07) is 15.6. The molecule has 0 N–H and O–H groups in total. The lowest BCUT2D eigenvalue weighted by Gasteiger charge is -2.32. The Hall–Kier alpha value is -3.77. The van der Waals surface area contributed by atoms with Gasteiger partial charge >= 0.3 is 6.03 Å². The number of aliphatic imine (C=N–C) groups is 1. The van der Waals surface area contributed by atoms with E-state index in [0.717, 1.165) is 24.4 Å². The molecule has 0 aromatic heterocycles. The first-order valence-electron chi connectivity index (χ1n) is 12.3. The summed E-state index contributed by atoms with van der Waals surface area (Å²) in [6.45, 7) is 7.60. The molecular weight excluding hydrogens is 458 g/mol. The number of hydrogen-bond donors (Lipinski definition) is 0. The number of amides is 2. The number of morpholine rings is 1. The second kappa shape index (κ2) is 12.3. The molecule has 0 spiro atoms. The van der Waals surface area contributed by atoms with Gasteiger partial charge in [0.25, 0.3) is 0 Å². The van der Waals surface area contributed by atoms with E-state index in [-0.39, 0.29) is 6.03 Å². The van der Waals surface area contributed by atoms with E-state index in [9.17, 15) is 10.1 Å². The zero-order valence-electron chi connectivity index (χ0n) is 21.0. The molecule has 9 nitrogen and oxygen atoms in total. The molecule has 2 amide bonds. The van der Waals surface area contributed by atoms with Crippen LogP contribution in [0.2, 0.25) is 0 Å². The van der Waals surface area contributed by atoms with E-state index in [2.05, 4.69) is 11.0 Å². The maximum absolute atomic E-state index is 12.9. The van der Waals surface area contributed by atoms with Gasteiger partial charge in [0, 0.05) is 51.4 Å². The van der Waals surface area contributed by atoms with Crippen LogP contribution in [0.1, 0.15) is 24.5 Å². The van der Waals surface area contributed by atoms with Crippen LogP contribution in [0.3, 0.4) is 0 Å². The molecule has 0 aliphatic carbocycles. The van der Waals surface area contributed by atoms with Crippen LogP contribution in [0.25, 0.3) is 0 Å². The first kappa shape index (κ1) is 25.3. The molecule has 36 heavy (non-hydrogen) atoms. The van der Waals surface area contributed by atoms with E-state index in [1.807, 2.05) is 47.1 Å². The highest BCUT2D eigenvalue weighted by molar-refractivity contribution is 5.84. The zero-order chi connectivity index (χ0) is 25.3. The van der Waals surface area contributed by atoms with Crippen LogP contribution in [0.5, 0.6) is 11.5 Å². The predicted molar refractivity (Wildman–Crippen MR) is 137 cm³/mol. The molecule has 2 aliphatic rings. The first-order chi connectivity index (χ1) is 17.6. The Morgan fingerprint density at radius 3 is 2.42 bits per heavy atom. The molecule has 2 saturated heterocycles. The SMILES string of the molecule is COc1cc(N=C(C)N2CCCN(C(=O)N3CCOCC3)CC2)c(C#N)cc1OCc1ccccc1. The van der Waals surface area contributed by atoms with Crippen LogP contribution in [0, 0.1) is 11.3 Å². The molecule has 0 unspecified atom stereocenters. The normalized spacial score (nSPS) is 16.8. The Labute approximate surface area is 212 Å². The maximum atomic E-state index is 12.9. The molecule has 2 aromatic carbocycles. The zero-order valence-corrected chi connectivity index (χ0v) is 21.0. The van der Waals surface area contributed by atoms with Gasteiger partial charge in [-0.15, -0.1) is 0 Å². The summed E-state index contributed by atoms with van der Waals surface area (Å²) in [5, 5.41) is 9.79. The minimum Gasteiger partial charge on any atom is -0.493 e. The van der Waals surface area contributed by atoms with Crippen LogP contribution >= 0.6 is 0 Å². The molecule has 0 saturated carbocycles. The molecule has 0 bridgehead atoms. The van der Waals surface area contributed by atoms with Gasteiger partial charge in [0.05, 0.1) is 31.6 Å². The van der Waals surface area contributed by atoms with Crippen molar-refractivity contribution in [2.45, 2.75) is 20.0 Å². The monoisotopic (exact) mass is 491 g/mol. The molecule has 2 fully saturated rings. The fourth-order valence-electron chi connectivity index (χ4n) is 4.37. The molecule has 2 heterocycles. The lowest BCUT2D eigenvalue weighted by Crippen LogP contribution is -2.49. The molecule has 0 radical (unpaired) electrons. The average Bonchev–Trinajstić information content (AvgIpc) is 3.19. The number of benzene rings is 2. The molecule has 0 atom stereocenters. The van der Waals surface area contributed by atoms with E-state index in [1.165, 1.54) is 0 Å². The summed E-state index contributed by atoms with van der Waals surface area (Å²) >= 11 is 0. The number of ether oxygens (including phenoxy) is 3. The number of methoxy groups -OCH3 is 1. The van der Waals surface area contributed by atoms with Crippen molar-refractivity contribution in [1.82, 2.24) is 14.7 Å². The van der Waals surface area contributed by atoms with Crippen molar-refractivity contribution in [2.24, 2.45) is 4.99 Å². The predicted octanol–water partition coefficient (Wildman–Crippen LogP) is 3.66. The minimum atomic E-state index is 0.0809. The van der Waals surface area contributed by atoms with Crippen molar-refractivity contribution in [2.75, 3.05) is 59.6 Å². The number of amidine groups is 1. The quantitative estimate of drug-likeness (QED) is 0.468. The van der Waals surface area contributed by atoms with Gasteiger partial charge < -0.3 is 28.9 Å². The second-order valence-corrected chi connectivity index (χ2v) is 8.77. The topological polar surface area (TPSA) is 90.6 Å². The lowest BCUT2D eigenvalue weighted by molar-refractivity contribution is 0.0437. The Kier molecular flexibility index (Phi) is 8.63. The third kappa shape index (κ3) is 6.26.